The molecular formula is C13H19BF3O-. The van der Waals surface area contributed by atoms with Crippen molar-refractivity contribution in [1.82, 2.24) is 0 Å². The van der Waals surface area contributed by atoms with Gasteiger partial charge in [0.15, 0.2) is 0 Å². The molecule has 0 spiro atoms. The molecule has 1 rings (SSSR count). The van der Waals surface area contributed by atoms with Gasteiger partial charge in [0.1, 0.15) is 5.75 Å². The molecule has 0 heterocycles. The highest BCUT2D eigenvalue weighted by molar-refractivity contribution is 6.74. The van der Waals surface area contributed by atoms with Gasteiger partial charge in [0.2, 0.25) is 0 Å². The van der Waals surface area contributed by atoms with Gasteiger partial charge in [0, 0.05) is 0 Å². The molecule has 0 saturated heterocycles. The standard InChI is InChI=1S/C13H19BF3O/c1-3-4-5-6-9-18-12-7-8-13(11(2)10-12)14(15,16)17/h7-8,10H,3-6,9H2,1-2H3/q-1. The zero-order valence-corrected chi connectivity index (χ0v) is 10.9. The number of ether oxygens (including phenoxy) is 1. The number of benzene rings is 1. The minimum atomic E-state index is -4.93. The monoisotopic (exact) mass is 259 g/mol. The van der Waals surface area contributed by atoms with E-state index < -0.39 is 12.4 Å². The summed E-state index contributed by atoms with van der Waals surface area (Å²) in [7, 11) is 0. The van der Waals surface area contributed by atoms with Crippen LogP contribution in [0.4, 0.5) is 12.9 Å². The van der Waals surface area contributed by atoms with Gasteiger partial charge in [0.25, 0.3) is 0 Å². The molecular weight excluding hydrogens is 240 g/mol. The van der Waals surface area contributed by atoms with Crippen LogP contribution in [-0.4, -0.2) is 13.6 Å². The van der Waals surface area contributed by atoms with Crippen molar-refractivity contribution in [1.29, 1.82) is 0 Å². The van der Waals surface area contributed by atoms with Gasteiger partial charge in [-0.25, -0.2) is 0 Å². The highest BCUT2D eigenvalue weighted by Crippen LogP contribution is 2.17. The zero-order chi connectivity index (χ0) is 13.6. The molecule has 0 aliphatic heterocycles. The van der Waals surface area contributed by atoms with Crippen molar-refractivity contribution in [3.05, 3.63) is 23.8 Å². The summed E-state index contributed by atoms with van der Waals surface area (Å²) >= 11 is 0. The third-order valence-electron chi connectivity index (χ3n) is 2.86. The molecule has 0 atom stereocenters. The molecule has 1 aromatic carbocycles. The number of unbranched alkanes of at least 4 members (excludes halogenated alkanes) is 3. The van der Waals surface area contributed by atoms with E-state index in [0.29, 0.717) is 12.4 Å². The average Bonchev–Trinajstić information content (AvgIpc) is 2.27. The van der Waals surface area contributed by atoms with Crippen LogP contribution in [0.1, 0.15) is 38.2 Å². The molecule has 0 aromatic heterocycles. The Hall–Kier alpha value is -1.13. The fraction of sp³-hybridized carbons (Fsp3) is 0.538. The van der Waals surface area contributed by atoms with E-state index in [1.807, 2.05) is 0 Å². The third kappa shape index (κ3) is 4.63. The minimum absolute atomic E-state index is 0.230. The van der Waals surface area contributed by atoms with Crippen LogP contribution in [0.25, 0.3) is 0 Å². The van der Waals surface area contributed by atoms with Gasteiger partial charge in [-0.3, -0.25) is 0 Å². The van der Waals surface area contributed by atoms with Crippen molar-refractivity contribution in [3.63, 3.8) is 0 Å². The molecule has 0 unspecified atom stereocenters. The molecule has 5 heteroatoms. The zero-order valence-electron chi connectivity index (χ0n) is 10.9. The van der Waals surface area contributed by atoms with Gasteiger partial charge in [-0.15, -0.1) is 5.46 Å². The van der Waals surface area contributed by atoms with E-state index in [-0.39, 0.29) is 5.56 Å². The van der Waals surface area contributed by atoms with Crippen LogP contribution in [0.15, 0.2) is 18.2 Å². The molecule has 0 bridgehead atoms. The largest absolute Gasteiger partial charge is 0.509 e. The number of halogens is 3. The Morgan fingerprint density at radius 1 is 1.11 bits per heavy atom. The molecule has 1 nitrogen and oxygen atoms in total. The molecule has 102 valence electrons. The van der Waals surface area contributed by atoms with Gasteiger partial charge in [-0.1, -0.05) is 37.8 Å². The van der Waals surface area contributed by atoms with Crippen molar-refractivity contribution in [2.45, 2.75) is 39.5 Å². The predicted octanol–water partition coefficient (Wildman–Crippen LogP) is 4.01. The fourth-order valence-electron chi connectivity index (χ4n) is 1.82. The van der Waals surface area contributed by atoms with Crippen molar-refractivity contribution < 1.29 is 17.7 Å². The summed E-state index contributed by atoms with van der Waals surface area (Å²) in [5, 5.41) is 0. The van der Waals surface area contributed by atoms with Crippen LogP contribution < -0.4 is 10.2 Å². The Labute approximate surface area is 106 Å². The summed E-state index contributed by atoms with van der Waals surface area (Å²) in [6.45, 7) is -0.767. The van der Waals surface area contributed by atoms with Crippen LogP contribution in [0.3, 0.4) is 0 Å². The van der Waals surface area contributed by atoms with Crippen molar-refractivity contribution >= 4 is 12.4 Å². The first-order chi connectivity index (χ1) is 8.45. The molecule has 1 aromatic rings. The molecule has 0 saturated carbocycles. The van der Waals surface area contributed by atoms with Crippen LogP contribution in [0.5, 0.6) is 5.75 Å². The maximum absolute atomic E-state index is 12.6. The average molecular weight is 259 g/mol. The van der Waals surface area contributed by atoms with E-state index >= 15 is 0 Å². The molecule has 0 amide bonds. The SMILES string of the molecule is CCCCCCOc1ccc([B-](F)(F)F)c(C)c1. The Balaban J connectivity index is 2.52. The Kier molecular flexibility index (Phi) is 5.57. The molecule has 18 heavy (non-hydrogen) atoms. The fourth-order valence-corrected chi connectivity index (χ4v) is 1.82. The highest BCUT2D eigenvalue weighted by atomic mass is 19.4. The summed E-state index contributed by atoms with van der Waals surface area (Å²) in [4.78, 5) is 0. The first kappa shape index (κ1) is 14.9. The van der Waals surface area contributed by atoms with Crippen LogP contribution >= 0.6 is 0 Å². The summed E-state index contributed by atoms with van der Waals surface area (Å²) in [6.07, 6.45) is 4.36. The van der Waals surface area contributed by atoms with Crippen molar-refractivity contribution in [2.75, 3.05) is 6.61 Å². The number of aryl methyl sites for hydroxylation is 1. The maximum Gasteiger partial charge on any atom is 0.509 e. The Morgan fingerprint density at radius 3 is 2.39 bits per heavy atom. The lowest BCUT2D eigenvalue weighted by molar-refractivity contribution is 0.305. The summed E-state index contributed by atoms with van der Waals surface area (Å²) in [6, 6.07) is 3.97. The van der Waals surface area contributed by atoms with E-state index in [9.17, 15) is 12.9 Å². The van der Waals surface area contributed by atoms with Gasteiger partial charge < -0.3 is 17.7 Å². The second-order valence-corrected chi connectivity index (χ2v) is 4.50. The minimum Gasteiger partial charge on any atom is -0.494 e. The van der Waals surface area contributed by atoms with Gasteiger partial charge in [0.05, 0.1) is 6.61 Å². The topological polar surface area (TPSA) is 9.23 Å². The Morgan fingerprint density at radius 2 is 1.83 bits per heavy atom. The number of rotatable bonds is 7. The number of hydrogen-bond donors (Lipinski definition) is 0. The lowest BCUT2D eigenvalue weighted by atomic mass is 9.77. The predicted molar refractivity (Wildman–Crippen MR) is 69.5 cm³/mol. The number of hydrogen-bond acceptors (Lipinski definition) is 1. The van der Waals surface area contributed by atoms with Crippen LogP contribution in [-0.2, 0) is 0 Å². The lowest BCUT2D eigenvalue weighted by Crippen LogP contribution is -2.35. The summed E-state index contributed by atoms with van der Waals surface area (Å²) < 4.78 is 43.2. The van der Waals surface area contributed by atoms with E-state index in [0.717, 1.165) is 31.7 Å². The van der Waals surface area contributed by atoms with E-state index in [4.69, 9.17) is 4.74 Å². The molecule has 0 aliphatic rings. The highest BCUT2D eigenvalue weighted by Gasteiger charge is 2.27. The second-order valence-electron chi connectivity index (χ2n) is 4.50. The van der Waals surface area contributed by atoms with Gasteiger partial charge in [-0.2, -0.15) is 0 Å². The van der Waals surface area contributed by atoms with Gasteiger partial charge >= 0.3 is 6.98 Å². The smallest absolute Gasteiger partial charge is 0.494 e. The van der Waals surface area contributed by atoms with Crippen LogP contribution in [0.2, 0.25) is 0 Å². The van der Waals surface area contributed by atoms with Crippen LogP contribution in [0, 0.1) is 6.92 Å². The first-order valence-electron chi connectivity index (χ1n) is 6.38. The van der Waals surface area contributed by atoms with E-state index in [2.05, 4.69) is 6.92 Å². The molecule has 0 fully saturated rings. The van der Waals surface area contributed by atoms with Gasteiger partial charge in [-0.05, 0) is 25.5 Å². The summed E-state index contributed by atoms with van der Waals surface area (Å²) in [5.41, 5.74) is -0.304. The normalized spacial score (nSPS) is 11.6. The quantitative estimate of drug-likeness (QED) is 0.531. The van der Waals surface area contributed by atoms with Crippen molar-refractivity contribution in [3.8, 4) is 5.75 Å². The molecule has 0 radical (unpaired) electrons. The molecule has 0 N–H and O–H groups in total. The van der Waals surface area contributed by atoms with Crippen molar-refractivity contribution in [2.24, 2.45) is 0 Å². The lowest BCUT2D eigenvalue weighted by Gasteiger charge is -2.18. The third-order valence-corrected chi connectivity index (χ3v) is 2.86. The van der Waals surface area contributed by atoms with E-state index in [1.165, 1.54) is 19.1 Å². The molecule has 0 aliphatic carbocycles. The summed E-state index contributed by atoms with van der Waals surface area (Å²) in [5.74, 6) is 0.521. The maximum atomic E-state index is 12.6. The second kappa shape index (κ2) is 6.71. The Bertz CT molecular complexity index is 377. The van der Waals surface area contributed by atoms with E-state index in [1.54, 1.807) is 0 Å². The first-order valence-corrected chi connectivity index (χ1v) is 6.38.